The van der Waals surface area contributed by atoms with Gasteiger partial charge in [-0.2, -0.15) is 0 Å². The molecule has 0 radical (unpaired) electrons. The number of hydrogen-bond acceptors (Lipinski definition) is 6. The average Bonchev–Trinajstić information content (AvgIpc) is 3.27. The van der Waals surface area contributed by atoms with Gasteiger partial charge in [-0.15, -0.1) is 0 Å². The van der Waals surface area contributed by atoms with Gasteiger partial charge < -0.3 is 25.0 Å². The predicted octanol–water partition coefficient (Wildman–Crippen LogP) is 2.36. The standard InChI is InChI=1S/C25H31N7O2.H2/c1-16-14-31(15-17(2)32(16)18(3)33)23-6-4-5-22(29-23)21-13-28-24-20(21)11-19(12-27-24)25(34)30-9-7-26-8-10-30;/h4-6,11-13,16-17,26H,7-10,14-15H2,1-3H3,(H,27,28);1H/t16-,17+;. The van der Waals surface area contributed by atoms with Crippen LogP contribution in [0.3, 0.4) is 0 Å². The first-order valence-corrected chi connectivity index (χ1v) is 11.9. The lowest BCUT2D eigenvalue weighted by Crippen LogP contribution is -2.58. The van der Waals surface area contributed by atoms with Crippen LogP contribution in [0.4, 0.5) is 5.82 Å². The topological polar surface area (TPSA) is 97.5 Å². The highest BCUT2D eigenvalue weighted by molar-refractivity contribution is 6.00. The number of rotatable bonds is 3. The van der Waals surface area contributed by atoms with Crippen LogP contribution in [0.1, 0.15) is 32.6 Å². The van der Waals surface area contributed by atoms with Gasteiger partial charge in [-0.1, -0.05) is 6.07 Å². The fraction of sp³-hybridized carbons (Fsp3) is 0.440. The second-order valence-corrected chi connectivity index (χ2v) is 9.28. The molecule has 9 heteroatoms. The lowest BCUT2D eigenvalue weighted by Gasteiger charge is -2.44. The Labute approximate surface area is 200 Å². The molecule has 2 saturated heterocycles. The number of hydrogen-bond donors (Lipinski definition) is 2. The zero-order chi connectivity index (χ0) is 23.8. The van der Waals surface area contributed by atoms with Gasteiger partial charge in [0.25, 0.3) is 5.91 Å². The summed E-state index contributed by atoms with van der Waals surface area (Å²) in [6.07, 6.45) is 3.55. The monoisotopic (exact) mass is 463 g/mol. The highest BCUT2D eigenvalue weighted by atomic mass is 16.2. The molecule has 2 N–H and O–H groups in total. The Morgan fingerprint density at radius 1 is 1.12 bits per heavy atom. The summed E-state index contributed by atoms with van der Waals surface area (Å²) in [7, 11) is 0. The van der Waals surface area contributed by atoms with E-state index in [1.165, 1.54) is 0 Å². The number of carbonyl (C=O) groups is 2. The number of pyridine rings is 2. The maximum absolute atomic E-state index is 13.0. The van der Waals surface area contributed by atoms with Crippen LogP contribution >= 0.6 is 0 Å². The first-order chi connectivity index (χ1) is 16.4. The minimum Gasteiger partial charge on any atom is -0.352 e. The second-order valence-electron chi connectivity index (χ2n) is 9.28. The van der Waals surface area contributed by atoms with Gasteiger partial charge in [-0.3, -0.25) is 9.59 Å². The van der Waals surface area contributed by atoms with Crippen LogP contribution in [0.25, 0.3) is 22.3 Å². The number of nitrogens with one attached hydrogen (secondary N) is 2. The molecule has 3 aromatic heterocycles. The molecule has 0 bridgehead atoms. The normalized spacial score (nSPS) is 21.2. The largest absolute Gasteiger partial charge is 0.352 e. The quantitative estimate of drug-likeness (QED) is 0.619. The number of anilines is 1. The number of aromatic nitrogens is 3. The highest BCUT2D eigenvalue weighted by Gasteiger charge is 2.31. The van der Waals surface area contributed by atoms with Crippen LogP contribution in [-0.4, -0.2) is 87.9 Å². The van der Waals surface area contributed by atoms with Crippen molar-refractivity contribution < 1.29 is 11.0 Å². The van der Waals surface area contributed by atoms with Gasteiger partial charge in [-0.05, 0) is 32.0 Å². The van der Waals surface area contributed by atoms with E-state index in [4.69, 9.17) is 4.98 Å². The number of nitrogens with zero attached hydrogens (tertiary/aromatic N) is 5. The van der Waals surface area contributed by atoms with Crippen LogP contribution in [0.5, 0.6) is 0 Å². The Balaban J connectivity index is 0.00000289. The van der Waals surface area contributed by atoms with Gasteiger partial charge in [0.05, 0.1) is 11.3 Å². The summed E-state index contributed by atoms with van der Waals surface area (Å²) in [5, 5.41) is 4.16. The summed E-state index contributed by atoms with van der Waals surface area (Å²) >= 11 is 0. The van der Waals surface area contributed by atoms with Crippen molar-refractivity contribution in [3.63, 3.8) is 0 Å². The minimum absolute atomic E-state index is 0. The van der Waals surface area contributed by atoms with Crippen molar-refractivity contribution in [1.82, 2.24) is 30.1 Å². The molecule has 5 rings (SSSR count). The van der Waals surface area contributed by atoms with Crippen molar-refractivity contribution in [2.75, 3.05) is 44.2 Å². The van der Waals surface area contributed by atoms with Crippen molar-refractivity contribution in [2.45, 2.75) is 32.9 Å². The summed E-state index contributed by atoms with van der Waals surface area (Å²) in [5.74, 6) is 1.00. The van der Waals surface area contributed by atoms with Gasteiger partial charge in [0, 0.05) is 83.0 Å². The fourth-order valence-corrected chi connectivity index (χ4v) is 5.26. The number of aromatic amines is 1. The van der Waals surface area contributed by atoms with Crippen molar-refractivity contribution in [2.24, 2.45) is 0 Å². The zero-order valence-electron chi connectivity index (χ0n) is 19.9. The van der Waals surface area contributed by atoms with Crippen LogP contribution in [-0.2, 0) is 4.79 Å². The SMILES string of the molecule is CC(=O)N1[C@H](C)CN(c2cccc(-c3c[nH]c4ncc(C(=O)N5CCNCC5)cc34)n2)C[C@@H]1C.[HH]. The molecular weight excluding hydrogens is 430 g/mol. The van der Waals surface area contributed by atoms with E-state index in [9.17, 15) is 9.59 Å². The van der Waals surface area contributed by atoms with E-state index < -0.39 is 0 Å². The molecule has 0 aromatic carbocycles. The summed E-state index contributed by atoms with van der Waals surface area (Å²) < 4.78 is 0. The Kier molecular flexibility index (Phi) is 5.95. The van der Waals surface area contributed by atoms with Gasteiger partial charge in [-0.25, -0.2) is 9.97 Å². The highest BCUT2D eigenvalue weighted by Crippen LogP contribution is 2.30. The van der Waals surface area contributed by atoms with E-state index in [2.05, 4.69) is 34.0 Å². The smallest absolute Gasteiger partial charge is 0.255 e. The maximum atomic E-state index is 13.0. The molecule has 0 aliphatic carbocycles. The second kappa shape index (κ2) is 9.06. The Hall–Kier alpha value is -3.46. The van der Waals surface area contributed by atoms with E-state index in [0.717, 1.165) is 54.3 Å². The summed E-state index contributed by atoms with van der Waals surface area (Å²) in [5.41, 5.74) is 3.07. The molecular formula is C25H33N7O2. The number of amides is 2. The van der Waals surface area contributed by atoms with Crippen LogP contribution in [0.2, 0.25) is 0 Å². The van der Waals surface area contributed by atoms with Gasteiger partial charge in [0.2, 0.25) is 5.91 Å². The third-order valence-electron chi connectivity index (χ3n) is 6.80. The molecule has 3 aromatic rings. The summed E-state index contributed by atoms with van der Waals surface area (Å²) in [4.78, 5) is 43.8. The summed E-state index contributed by atoms with van der Waals surface area (Å²) in [6.45, 7) is 10.3. The molecule has 2 atom stereocenters. The first-order valence-electron chi connectivity index (χ1n) is 11.9. The minimum atomic E-state index is 0. The number of H-pyrrole nitrogens is 1. The van der Waals surface area contributed by atoms with E-state index in [1.54, 1.807) is 13.1 Å². The van der Waals surface area contributed by atoms with Gasteiger partial charge >= 0.3 is 0 Å². The molecule has 2 amide bonds. The number of piperazine rings is 2. The number of carbonyl (C=O) groups excluding carboxylic acids is 2. The first kappa shape index (κ1) is 22.3. The van der Waals surface area contributed by atoms with Crippen molar-refractivity contribution >= 4 is 28.7 Å². The van der Waals surface area contributed by atoms with E-state index in [0.29, 0.717) is 18.7 Å². The van der Waals surface area contributed by atoms with Crippen molar-refractivity contribution in [1.29, 1.82) is 0 Å². The maximum Gasteiger partial charge on any atom is 0.255 e. The van der Waals surface area contributed by atoms with E-state index >= 15 is 0 Å². The van der Waals surface area contributed by atoms with Gasteiger partial charge in [0.15, 0.2) is 0 Å². The van der Waals surface area contributed by atoms with Crippen molar-refractivity contribution in [3.8, 4) is 11.3 Å². The molecule has 2 fully saturated rings. The molecule has 0 saturated carbocycles. The lowest BCUT2D eigenvalue weighted by molar-refractivity contribution is -0.133. The van der Waals surface area contributed by atoms with Crippen molar-refractivity contribution in [3.05, 3.63) is 42.2 Å². The predicted molar refractivity (Wildman–Crippen MR) is 134 cm³/mol. The van der Waals surface area contributed by atoms with Crippen LogP contribution < -0.4 is 10.2 Å². The molecule has 9 nitrogen and oxygen atoms in total. The molecule has 180 valence electrons. The molecule has 5 heterocycles. The van der Waals surface area contributed by atoms with Gasteiger partial charge in [0.1, 0.15) is 11.5 Å². The Morgan fingerprint density at radius 3 is 2.56 bits per heavy atom. The van der Waals surface area contributed by atoms with Crippen LogP contribution in [0, 0.1) is 0 Å². The third-order valence-corrected chi connectivity index (χ3v) is 6.80. The third kappa shape index (κ3) is 4.11. The van der Waals surface area contributed by atoms with E-state index in [-0.39, 0.29) is 25.3 Å². The molecule has 34 heavy (non-hydrogen) atoms. The van der Waals surface area contributed by atoms with Crippen LogP contribution in [0.15, 0.2) is 36.7 Å². The molecule has 2 aliphatic rings. The summed E-state index contributed by atoms with van der Waals surface area (Å²) in [6, 6.07) is 8.15. The molecule has 2 aliphatic heterocycles. The Morgan fingerprint density at radius 2 is 1.85 bits per heavy atom. The molecule has 0 spiro atoms. The lowest BCUT2D eigenvalue weighted by atomic mass is 10.1. The zero-order valence-corrected chi connectivity index (χ0v) is 19.9. The van der Waals surface area contributed by atoms with E-state index in [1.807, 2.05) is 40.3 Å². The number of fused-ring (bicyclic) bond motifs is 1. The molecule has 0 unspecified atom stereocenters. The average molecular weight is 464 g/mol. The Bertz CT molecular complexity index is 1210. The fourth-order valence-electron chi connectivity index (χ4n) is 5.26.